The Morgan fingerprint density at radius 2 is 0.885 bits per heavy atom. The van der Waals surface area contributed by atoms with E-state index >= 15 is 0 Å². The second-order valence-corrected chi connectivity index (χ2v) is 13.2. The fourth-order valence-electron chi connectivity index (χ4n) is 5.08. The molecule has 0 bridgehead atoms. The molecular weight excluding hydrogens is 717 g/mol. The van der Waals surface area contributed by atoms with Crippen LogP contribution >= 0.6 is 23.5 Å². The average molecular weight is 741 g/mol. The molecule has 262 valence electrons. The monoisotopic (exact) mass is 740 g/mol. The Morgan fingerprint density at radius 1 is 0.519 bits per heavy atom. The summed E-state index contributed by atoms with van der Waals surface area (Å²) in [4.78, 5) is 43.8. The van der Waals surface area contributed by atoms with Gasteiger partial charge < -0.3 is 0 Å². The van der Waals surface area contributed by atoms with Gasteiger partial charge in [0.15, 0.2) is 0 Å². The molecule has 0 aliphatic heterocycles. The number of aryl methyl sites for hydroxylation is 4. The van der Waals surface area contributed by atoms with Gasteiger partial charge in [0.2, 0.25) is 10.3 Å². The van der Waals surface area contributed by atoms with Gasteiger partial charge in [0.05, 0.1) is 41.6 Å². The summed E-state index contributed by atoms with van der Waals surface area (Å²) in [6.07, 6.45) is 0.492. The van der Waals surface area contributed by atoms with Crippen molar-refractivity contribution in [2.24, 2.45) is 0 Å². The molecular formula is C32H24N10O8S2. The zero-order valence-electron chi connectivity index (χ0n) is 27.1. The van der Waals surface area contributed by atoms with Crippen molar-refractivity contribution < 1.29 is 19.7 Å². The third-order valence-corrected chi connectivity index (χ3v) is 9.68. The maximum absolute atomic E-state index is 11.9. The topological polar surface area (TPSA) is 234 Å². The van der Waals surface area contributed by atoms with Gasteiger partial charge in [-0.15, -0.1) is 20.4 Å². The van der Waals surface area contributed by atoms with Gasteiger partial charge in [0.1, 0.15) is 11.6 Å². The largest absolute Gasteiger partial charge is 0.290 e. The Labute approximate surface area is 301 Å². The summed E-state index contributed by atoms with van der Waals surface area (Å²) in [5.41, 5.74) is 1.56. The molecule has 0 atom stereocenters. The molecule has 52 heavy (non-hydrogen) atoms. The minimum absolute atomic E-state index is 0.129. The van der Waals surface area contributed by atoms with Crippen molar-refractivity contribution in [3.8, 4) is 11.4 Å². The number of nitro groups is 4. The highest BCUT2D eigenvalue weighted by atomic mass is 32.2. The smallest absolute Gasteiger partial charge is 0.274 e. The number of hydrogen-bond donors (Lipinski definition) is 0. The van der Waals surface area contributed by atoms with E-state index in [1.54, 1.807) is 9.13 Å². The van der Waals surface area contributed by atoms with Gasteiger partial charge >= 0.3 is 0 Å². The van der Waals surface area contributed by atoms with E-state index in [0.29, 0.717) is 23.0 Å². The molecule has 0 aliphatic carbocycles. The minimum atomic E-state index is -0.708. The van der Waals surface area contributed by atoms with E-state index in [1.165, 1.54) is 24.3 Å². The number of non-ortho nitro benzene ring substituents is 2. The molecule has 0 N–H and O–H groups in total. The molecule has 2 heterocycles. The normalized spacial score (nSPS) is 11.0. The summed E-state index contributed by atoms with van der Waals surface area (Å²) in [7, 11) is 0. The zero-order chi connectivity index (χ0) is 37.1. The summed E-state index contributed by atoms with van der Waals surface area (Å²) in [5.74, 6) is 0.934. The summed E-state index contributed by atoms with van der Waals surface area (Å²) >= 11 is 1.87. The Bertz CT molecular complexity index is 2200. The SMILES string of the molecule is Cc1ccc(-n2c(CCc3nnc(Sc4ccc([N+](=O)[O-])cc4[N+](=O)[O-])n3-c3ccc(C)cc3)nnc2Sc2ccc([N+](=O)[O-])cc2[N+](=O)[O-])cc1. The maximum atomic E-state index is 11.9. The molecule has 0 spiro atoms. The van der Waals surface area contributed by atoms with E-state index in [-0.39, 0.29) is 32.9 Å². The van der Waals surface area contributed by atoms with Gasteiger partial charge in [0.25, 0.3) is 22.7 Å². The summed E-state index contributed by atoms with van der Waals surface area (Å²) in [6.45, 7) is 3.84. The number of nitrogens with zero attached hydrogens (tertiary/aromatic N) is 10. The third-order valence-electron chi connectivity index (χ3n) is 7.66. The molecule has 0 amide bonds. The van der Waals surface area contributed by atoms with E-state index in [4.69, 9.17) is 0 Å². The van der Waals surface area contributed by atoms with Gasteiger partial charge in [-0.1, -0.05) is 35.4 Å². The molecule has 0 unspecified atom stereocenters. The molecule has 20 heteroatoms. The lowest BCUT2D eigenvalue weighted by Gasteiger charge is -2.12. The van der Waals surface area contributed by atoms with Crippen molar-refractivity contribution in [1.29, 1.82) is 0 Å². The van der Waals surface area contributed by atoms with Crippen LogP contribution < -0.4 is 0 Å². The average Bonchev–Trinajstić information content (AvgIpc) is 3.71. The van der Waals surface area contributed by atoms with Crippen LogP contribution in [0.25, 0.3) is 11.4 Å². The molecule has 0 fully saturated rings. The first-order chi connectivity index (χ1) is 24.9. The van der Waals surface area contributed by atoms with Crippen LogP contribution in [0.4, 0.5) is 22.7 Å². The summed E-state index contributed by atoms with van der Waals surface area (Å²) in [6, 6.07) is 21.7. The molecule has 0 aliphatic rings. The highest BCUT2D eigenvalue weighted by molar-refractivity contribution is 7.99. The summed E-state index contributed by atoms with van der Waals surface area (Å²) < 4.78 is 3.47. The lowest BCUT2D eigenvalue weighted by molar-refractivity contribution is -0.396. The minimum Gasteiger partial charge on any atom is -0.274 e. The van der Waals surface area contributed by atoms with Crippen LogP contribution in [0.1, 0.15) is 22.8 Å². The molecule has 18 nitrogen and oxygen atoms in total. The van der Waals surface area contributed by atoms with Gasteiger partial charge in [-0.25, -0.2) is 0 Å². The molecule has 2 aromatic heterocycles. The zero-order valence-corrected chi connectivity index (χ0v) is 28.7. The van der Waals surface area contributed by atoms with Crippen LogP contribution in [0.15, 0.2) is 105 Å². The number of rotatable bonds is 13. The van der Waals surface area contributed by atoms with Gasteiger partial charge in [-0.2, -0.15) is 0 Å². The number of benzene rings is 4. The second kappa shape index (κ2) is 14.7. The quantitative estimate of drug-likeness (QED) is 0.0842. The van der Waals surface area contributed by atoms with E-state index in [0.717, 1.165) is 46.8 Å². The first-order valence-electron chi connectivity index (χ1n) is 15.1. The van der Waals surface area contributed by atoms with Crippen LogP contribution in [0, 0.1) is 54.3 Å². The number of nitro benzene ring substituents is 4. The fraction of sp³-hybridized carbons (Fsp3) is 0.125. The van der Waals surface area contributed by atoms with Crippen molar-refractivity contribution in [3.05, 3.63) is 148 Å². The Morgan fingerprint density at radius 3 is 1.21 bits per heavy atom. The molecule has 6 rings (SSSR count). The lowest BCUT2D eigenvalue weighted by Crippen LogP contribution is -2.08. The summed E-state index contributed by atoms with van der Waals surface area (Å²) in [5, 5.41) is 64.4. The van der Waals surface area contributed by atoms with Crippen LogP contribution in [0.5, 0.6) is 0 Å². The second-order valence-electron chi connectivity index (χ2n) is 11.2. The van der Waals surface area contributed by atoms with E-state index < -0.39 is 42.4 Å². The van der Waals surface area contributed by atoms with Crippen molar-refractivity contribution >= 4 is 46.3 Å². The highest BCUT2D eigenvalue weighted by Crippen LogP contribution is 2.39. The van der Waals surface area contributed by atoms with E-state index in [9.17, 15) is 40.5 Å². The Kier molecular flexibility index (Phi) is 10.0. The van der Waals surface area contributed by atoms with E-state index in [1.807, 2.05) is 62.4 Å². The molecule has 0 saturated heterocycles. The number of hydrogen-bond acceptors (Lipinski definition) is 14. The number of aromatic nitrogens is 6. The first-order valence-corrected chi connectivity index (χ1v) is 16.8. The van der Waals surface area contributed by atoms with Gasteiger partial charge in [0, 0.05) is 36.3 Å². The van der Waals surface area contributed by atoms with Crippen molar-refractivity contribution in [3.63, 3.8) is 0 Å². The fourth-order valence-corrected chi connectivity index (χ4v) is 6.99. The third kappa shape index (κ3) is 7.46. The van der Waals surface area contributed by atoms with Crippen molar-refractivity contribution in [2.75, 3.05) is 0 Å². The molecule has 0 saturated carbocycles. The molecule has 0 radical (unpaired) electrons. The Hall–Kier alpha value is -6.54. The Balaban J connectivity index is 1.38. The van der Waals surface area contributed by atoms with Crippen molar-refractivity contribution in [1.82, 2.24) is 29.5 Å². The van der Waals surface area contributed by atoms with Crippen molar-refractivity contribution in [2.45, 2.75) is 46.8 Å². The molecule has 6 aromatic rings. The first kappa shape index (κ1) is 35.3. The van der Waals surface area contributed by atoms with Crippen LogP contribution in [0.3, 0.4) is 0 Å². The predicted octanol–water partition coefficient (Wildman–Crippen LogP) is 7.19. The van der Waals surface area contributed by atoms with Crippen LogP contribution in [-0.2, 0) is 12.8 Å². The highest BCUT2D eigenvalue weighted by Gasteiger charge is 2.26. The van der Waals surface area contributed by atoms with Gasteiger partial charge in [-0.3, -0.25) is 49.6 Å². The maximum Gasteiger partial charge on any atom is 0.290 e. The molecule has 4 aromatic carbocycles. The predicted molar refractivity (Wildman–Crippen MR) is 187 cm³/mol. The lowest BCUT2D eigenvalue weighted by atomic mass is 10.2. The standard InChI is InChI=1S/C32H24N10O8S2/c1-19-3-7-21(8-4-19)37-29(33-35-31(37)51-27-13-11-23(39(43)44)17-25(27)41(47)48)15-16-30-34-36-32(38(30)22-9-5-20(2)6-10-22)52-28-14-12-24(40(45)46)18-26(28)42(49)50/h3-14,17-18H,15-16H2,1-2H3. The van der Waals surface area contributed by atoms with Crippen LogP contribution in [-0.4, -0.2) is 49.2 Å². The van der Waals surface area contributed by atoms with E-state index in [2.05, 4.69) is 20.4 Å². The van der Waals surface area contributed by atoms with Gasteiger partial charge in [-0.05, 0) is 73.8 Å². The van der Waals surface area contributed by atoms with Crippen LogP contribution in [0.2, 0.25) is 0 Å².